The minimum absolute atomic E-state index is 0.331. The summed E-state index contributed by atoms with van der Waals surface area (Å²) >= 11 is 5.24. The Morgan fingerprint density at radius 3 is 2.67 bits per heavy atom. The Kier molecular flexibility index (Phi) is 3.89. The predicted octanol–water partition coefficient (Wildman–Crippen LogP) is 3.62. The molecule has 2 aromatic rings. The third-order valence-electron chi connectivity index (χ3n) is 2.45. The van der Waals surface area contributed by atoms with Gasteiger partial charge in [-0.05, 0) is 24.3 Å². The van der Waals surface area contributed by atoms with E-state index in [2.05, 4.69) is 5.32 Å². The molecule has 1 N–H and O–H groups in total. The third kappa shape index (κ3) is 2.84. The number of benzene rings is 2. The number of halogens is 1. The first kappa shape index (κ1) is 12.5. The summed E-state index contributed by atoms with van der Waals surface area (Å²) in [6.45, 7) is 0. The molecule has 0 atom stereocenters. The molecule has 2 nitrogen and oxygen atoms in total. The third-order valence-corrected chi connectivity index (χ3v) is 2.79. The van der Waals surface area contributed by atoms with Gasteiger partial charge in [-0.2, -0.15) is 0 Å². The normalized spacial score (nSPS) is 9.89. The summed E-state index contributed by atoms with van der Waals surface area (Å²) in [5.41, 5.74) is 1.15. The maximum absolute atomic E-state index is 13.5. The van der Waals surface area contributed by atoms with Crippen LogP contribution in [0.15, 0.2) is 48.5 Å². The van der Waals surface area contributed by atoms with Crippen molar-refractivity contribution in [2.24, 2.45) is 0 Å². The second kappa shape index (κ2) is 5.60. The topological polar surface area (TPSA) is 21.3 Å². The van der Waals surface area contributed by atoms with Crippen LogP contribution in [0.25, 0.3) is 0 Å². The number of thiocarbonyl (C=S) groups is 1. The van der Waals surface area contributed by atoms with Crippen LogP contribution in [0.5, 0.6) is 5.75 Å². The quantitative estimate of drug-likeness (QED) is 0.853. The molecular weight excluding hydrogens is 249 g/mol. The highest BCUT2D eigenvalue weighted by Crippen LogP contribution is 2.17. The second-order valence-electron chi connectivity index (χ2n) is 3.67. The van der Waals surface area contributed by atoms with Crippen molar-refractivity contribution in [2.45, 2.75) is 0 Å². The number of hydrogen-bond donors (Lipinski definition) is 1. The highest BCUT2D eigenvalue weighted by Gasteiger charge is 2.06. The first-order valence-electron chi connectivity index (χ1n) is 5.40. The number of rotatable bonds is 3. The Hall–Kier alpha value is -1.94. The van der Waals surface area contributed by atoms with Crippen LogP contribution in [0.4, 0.5) is 10.1 Å². The van der Waals surface area contributed by atoms with Gasteiger partial charge in [-0.15, -0.1) is 0 Å². The lowest BCUT2D eigenvalue weighted by Crippen LogP contribution is -2.11. The van der Waals surface area contributed by atoms with E-state index in [0.29, 0.717) is 16.4 Å². The van der Waals surface area contributed by atoms with Crippen molar-refractivity contribution in [3.8, 4) is 5.75 Å². The maximum atomic E-state index is 13.5. The van der Waals surface area contributed by atoms with Crippen LogP contribution in [0.3, 0.4) is 0 Å². The molecule has 0 saturated heterocycles. The van der Waals surface area contributed by atoms with Gasteiger partial charge >= 0.3 is 0 Å². The van der Waals surface area contributed by atoms with Crippen LogP contribution in [0.1, 0.15) is 5.56 Å². The molecule has 0 aromatic heterocycles. The summed E-state index contributed by atoms with van der Waals surface area (Å²) in [4.78, 5) is 0.457. The predicted molar refractivity (Wildman–Crippen MR) is 74.7 cm³/mol. The molecule has 0 unspecified atom stereocenters. The minimum Gasteiger partial charge on any atom is -0.497 e. The highest BCUT2D eigenvalue weighted by atomic mass is 32.1. The van der Waals surface area contributed by atoms with E-state index in [0.717, 1.165) is 5.56 Å². The monoisotopic (exact) mass is 261 g/mol. The minimum atomic E-state index is -0.331. The summed E-state index contributed by atoms with van der Waals surface area (Å²) in [5.74, 6) is 0.382. The van der Waals surface area contributed by atoms with Crippen molar-refractivity contribution in [3.63, 3.8) is 0 Å². The van der Waals surface area contributed by atoms with Crippen LogP contribution in [0, 0.1) is 5.82 Å². The van der Waals surface area contributed by atoms with Crippen LogP contribution in [-0.4, -0.2) is 12.1 Å². The summed E-state index contributed by atoms with van der Waals surface area (Å²) in [6, 6.07) is 13.7. The van der Waals surface area contributed by atoms with E-state index in [9.17, 15) is 4.39 Å². The van der Waals surface area contributed by atoms with E-state index in [4.69, 9.17) is 17.0 Å². The molecule has 2 aromatic carbocycles. The van der Waals surface area contributed by atoms with Crippen LogP contribution >= 0.6 is 12.2 Å². The number of ether oxygens (including phenoxy) is 1. The Bertz CT molecular complexity index is 571. The smallest absolute Gasteiger partial charge is 0.146 e. The molecule has 0 aliphatic carbocycles. The lowest BCUT2D eigenvalue weighted by atomic mass is 10.2. The molecule has 92 valence electrons. The molecule has 0 aliphatic heterocycles. The van der Waals surface area contributed by atoms with Crippen molar-refractivity contribution in [3.05, 3.63) is 59.9 Å². The lowest BCUT2D eigenvalue weighted by molar-refractivity contribution is 0.414. The van der Waals surface area contributed by atoms with Crippen LogP contribution in [-0.2, 0) is 0 Å². The number of methoxy groups -OCH3 is 1. The van der Waals surface area contributed by atoms with Gasteiger partial charge in [0, 0.05) is 5.56 Å². The fourth-order valence-corrected chi connectivity index (χ4v) is 1.76. The van der Waals surface area contributed by atoms with Crippen molar-refractivity contribution in [1.82, 2.24) is 0 Å². The standard InChI is InChI=1S/C14H12FNOS/c1-17-11-6-4-5-10(9-11)14(18)16-13-8-3-2-7-12(13)15/h2-9H,1H3,(H,16,18). The fourth-order valence-electron chi connectivity index (χ4n) is 1.52. The van der Waals surface area contributed by atoms with E-state index in [1.807, 2.05) is 18.2 Å². The van der Waals surface area contributed by atoms with Gasteiger partial charge in [0.2, 0.25) is 0 Å². The van der Waals surface area contributed by atoms with E-state index in [1.165, 1.54) is 6.07 Å². The molecule has 18 heavy (non-hydrogen) atoms. The van der Waals surface area contributed by atoms with Crippen LogP contribution < -0.4 is 10.1 Å². The Morgan fingerprint density at radius 2 is 1.94 bits per heavy atom. The van der Waals surface area contributed by atoms with Crippen molar-refractivity contribution in [2.75, 3.05) is 12.4 Å². The fraction of sp³-hybridized carbons (Fsp3) is 0.0714. The average Bonchev–Trinajstić information content (AvgIpc) is 2.41. The van der Waals surface area contributed by atoms with E-state index >= 15 is 0 Å². The first-order chi connectivity index (χ1) is 8.70. The van der Waals surface area contributed by atoms with Gasteiger partial charge in [-0.3, -0.25) is 0 Å². The molecule has 0 heterocycles. The molecule has 0 spiro atoms. The largest absolute Gasteiger partial charge is 0.497 e. The van der Waals surface area contributed by atoms with E-state index in [1.54, 1.807) is 31.4 Å². The Morgan fingerprint density at radius 1 is 1.17 bits per heavy atom. The zero-order valence-corrected chi connectivity index (χ0v) is 10.6. The Balaban J connectivity index is 2.19. The lowest BCUT2D eigenvalue weighted by Gasteiger charge is -2.09. The number of nitrogens with one attached hydrogen (secondary N) is 1. The van der Waals surface area contributed by atoms with Gasteiger partial charge in [-0.25, -0.2) is 4.39 Å². The summed E-state index contributed by atoms with van der Waals surface area (Å²) in [7, 11) is 1.59. The second-order valence-corrected chi connectivity index (χ2v) is 4.07. The first-order valence-corrected chi connectivity index (χ1v) is 5.81. The maximum Gasteiger partial charge on any atom is 0.146 e. The summed E-state index contributed by atoms with van der Waals surface area (Å²) in [5, 5.41) is 2.88. The van der Waals surface area contributed by atoms with Crippen molar-refractivity contribution in [1.29, 1.82) is 0 Å². The van der Waals surface area contributed by atoms with Crippen LogP contribution in [0.2, 0.25) is 0 Å². The van der Waals surface area contributed by atoms with Gasteiger partial charge in [-0.1, -0.05) is 36.5 Å². The molecule has 0 aliphatic rings. The zero-order valence-electron chi connectivity index (χ0n) is 9.81. The van der Waals surface area contributed by atoms with Crippen molar-refractivity contribution >= 4 is 22.9 Å². The van der Waals surface area contributed by atoms with Gasteiger partial charge in [0.15, 0.2) is 0 Å². The SMILES string of the molecule is COc1cccc(C(=S)Nc2ccccc2F)c1. The molecule has 0 bridgehead atoms. The molecule has 0 amide bonds. The van der Waals surface area contributed by atoms with Gasteiger partial charge in [0.05, 0.1) is 12.8 Å². The molecule has 0 saturated carbocycles. The highest BCUT2D eigenvalue weighted by molar-refractivity contribution is 7.81. The van der Waals surface area contributed by atoms with Gasteiger partial charge in [0.25, 0.3) is 0 Å². The molecule has 0 radical (unpaired) electrons. The number of anilines is 1. The molecule has 2 rings (SSSR count). The van der Waals surface area contributed by atoms with E-state index < -0.39 is 0 Å². The zero-order chi connectivity index (χ0) is 13.0. The number of para-hydroxylation sites is 1. The molecular formula is C14H12FNOS. The number of hydrogen-bond acceptors (Lipinski definition) is 2. The molecule has 0 fully saturated rings. The molecule has 4 heteroatoms. The average molecular weight is 261 g/mol. The van der Waals surface area contributed by atoms with E-state index in [-0.39, 0.29) is 5.82 Å². The Labute approximate surface area is 110 Å². The van der Waals surface area contributed by atoms with Crippen molar-refractivity contribution < 1.29 is 9.13 Å². The van der Waals surface area contributed by atoms with Gasteiger partial charge < -0.3 is 10.1 Å². The van der Waals surface area contributed by atoms with Gasteiger partial charge in [0.1, 0.15) is 16.6 Å². The summed E-state index contributed by atoms with van der Waals surface area (Å²) in [6.07, 6.45) is 0. The summed E-state index contributed by atoms with van der Waals surface area (Å²) < 4.78 is 18.6.